The first kappa shape index (κ1) is 41.7. The van der Waals surface area contributed by atoms with E-state index in [2.05, 4.69) is 39.3 Å². The van der Waals surface area contributed by atoms with E-state index >= 15 is 0 Å². The highest BCUT2D eigenvalue weighted by Gasteiger charge is 2.52. The topological polar surface area (TPSA) is 142 Å². The van der Waals surface area contributed by atoms with Gasteiger partial charge in [0.2, 0.25) is 5.91 Å². The summed E-state index contributed by atoms with van der Waals surface area (Å²) in [6.45, 7) is 14.9. The van der Waals surface area contributed by atoms with Crippen LogP contribution in [0.5, 0.6) is 11.5 Å². The van der Waals surface area contributed by atoms with Crippen molar-refractivity contribution in [3.05, 3.63) is 92.3 Å². The van der Waals surface area contributed by atoms with E-state index in [9.17, 15) is 24.3 Å². The minimum absolute atomic E-state index is 0.0807. The lowest BCUT2D eigenvalue weighted by Gasteiger charge is -2.46. The number of imide groups is 1. The molecule has 1 fully saturated rings. The molecule has 4 rings (SSSR count). The van der Waals surface area contributed by atoms with Crippen molar-refractivity contribution in [1.82, 2.24) is 18.9 Å². The summed E-state index contributed by atoms with van der Waals surface area (Å²) < 4.78 is 24.5. The van der Waals surface area contributed by atoms with Crippen LogP contribution in [0.3, 0.4) is 0 Å². The smallest absolute Gasteiger partial charge is 0.334 e. The van der Waals surface area contributed by atoms with Crippen LogP contribution in [0, 0.1) is 5.41 Å². The second kappa shape index (κ2) is 17.4. The van der Waals surface area contributed by atoms with Crippen molar-refractivity contribution in [3.8, 4) is 11.5 Å². The van der Waals surface area contributed by atoms with Crippen LogP contribution in [0.15, 0.2) is 64.3 Å². The van der Waals surface area contributed by atoms with E-state index in [0.29, 0.717) is 30.3 Å². The number of benzene rings is 2. The average Bonchev–Trinajstić information content (AvgIpc) is 3.10. The van der Waals surface area contributed by atoms with Crippen LogP contribution >= 0.6 is 0 Å². The summed E-state index contributed by atoms with van der Waals surface area (Å²) >= 11 is 0. The molecule has 2 heterocycles. The van der Waals surface area contributed by atoms with Gasteiger partial charge < -0.3 is 29.0 Å². The van der Waals surface area contributed by atoms with Crippen LogP contribution in [-0.2, 0) is 40.8 Å². The zero-order valence-corrected chi connectivity index (χ0v) is 34.6. The number of carbonyl (C=O) groups excluding carboxylic acids is 2. The number of nitrogens with zero attached hydrogens (tertiary/aromatic N) is 4. The molecule has 13 nitrogen and oxygen atoms in total. The number of aromatic nitrogens is 2. The van der Waals surface area contributed by atoms with Crippen LogP contribution in [0.25, 0.3) is 0 Å². The Labute approximate surface area is 314 Å². The highest BCUT2D eigenvalue weighted by atomic mass is 28.3. The van der Waals surface area contributed by atoms with Gasteiger partial charge in [-0.15, -0.1) is 0 Å². The summed E-state index contributed by atoms with van der Waals surface area (Å²) in [5.41, 5.74) is -1.85. The van der Waals surface area contributed by atoms with Gasteiger partial charge in [0.05, 0.1) is 31.7 Å². The Bertz CT molecular complexity index is 1830. The average molecular weight is 769 g/mol. The Balaban J connectivity index is 1.75. The highest BCUT2D eigenvalue weighted by Crippen LogP contribution is 2.40. The number of hydrogen-bond acceptors (Lipinski definition) is 9. The number of aliphatic hydroxyl groups is 1. The molecular formula is C38H56N4O9Si2. The third kappa shape index (κ3) is 10.8. The zero-order valence-electron chi connectivity index (χ0n) is 32.6. The molecule has 0 radical (unpaired) electrons. The number of urea groups is 1. The fraction of sp³-hybridized carbons (Fsp3) is 0.526. The Kier molecular flexibility index (Phi) is 13.7. The molecule has 3 amide bonds. The third-order valence-corrected chi connectivity index (χ3v) is 12.8. The van der Waals surface area contributed by atoms with Crippen LogP contribution in [0.2, 0.25) is 51.4 Å². The van der Waals surface area contributed by atoms with Crippen LogP contribution in [0.4, 0.5) is 4.79 Å². The van der Waals surface area contributed by atoms with Crippen LogP contribution < -0.4 is 20.7 Å². The summed E-state index contributed by atoms with van der Waals surface area (Å²) in [6.07, 6.45) is -0.437. The summed E-state index contributed by atoms with van der Waals surface area (Å²) in [5, 5.41) is 12.2. The zero-order chi connectivity index (χ0) is 39.1. The quantitative estimate of drug-likeness (QED) is 0.134. The molecule has 1 N–H and O–H groups in total. The van der Waals surface area contributed by atoms with Gasteiger partial charge in [0, 0.05) is 48.6 Å². The van der Waals surface area contributed by atoms with Gasteiger partial charge >= 0.3 is 11.7 Å². The second-order valence-electron chi connectivity index (χ2n) is 16.3. The van der Waals surface area contributed by atoms with Crippen molar-refractivity contribution in [1.29, 1.82) is 0 Å². The van der Waals surface area contributed by atoms with Gasteiger partial charge in [-0.3, -0.25) is 19.1 Å². The van der Waals surface area contributed by atoms with E-state index < -0.39 is 50.9 Å². The molecular weight excluding hydrogens is 713 g/mol. The van der Waals surface area contributed by atoms with Gasteiger partial charge in [-0.1, -0.05) is 63.5 Å². The fourth-order valence-electron chi connectivity index (χ4n) is 5.92. The van der Waals surface area contributed by atoms with Crippen molar-refractivity contribution >= 4 is 28.1 Å². The van der Waals surface area contributed by atoms with Crippen molar-refractivity contribution in [2.45, 2.75) is 90.9 Å². The van der Waals surface area contributed by atoms with Crippen LogP contribution in [-0.4, -0.2) is 86.1 Å². The number of ether oxygens (including phenoxy) is 4. The predicted octanol–water partition coefficient (Wildman–Crippen LogP) is 5.36. The molecule has 1 aromatic heterocycles. The van der Waals surface area contributed by atoms with Gasteiger partial charge in [-0.25, -0.2) is 14.2 Å². The van der Waals surface area contributed by atoms with Crippen molar-refractivity contribution in [2.75, 3.05) is 34.0 Å². The van der Waals surface area contributed by atoms with E-state index in [1.54, 1.807) is 57.5 Å². The van der Waals surface area contributed by atoms with Gasteiger partial charge in [-0.2, -0.15) is 0 Å². The second-order valence-corrected chi connectivity index (χ2v) is 27.6. The first-order valence-electron chi connectivity index (χ1n) is 17.9. The van der Waals surface area contributed by atoms with Gasteiger partial charge in [0.1, 0.15) is 31.1 Å². The molecule has 2 unspecified atom stereocenters. The minimum atomic E-state index is -1.71. The SMILES string of the molecule is COc1ccc(CN2CC(C)(C(O)c3cn(COCC[Si](C)(C)C)c(=O)n(COCC[Si](C)(C)C)c3=O)C(=O)N(Cc3ccc(OC)cc3)C2=O)cc1. The van der Waals surface area contributed by atoms with Gasteiger partial charge in [0.25, 0.3) is 5.56 Å². The summed E-state index contributed by atoms with van der Waals surface area (Å²) in [5.74, 6) is 0.612. The Hall–Kier alpha value is -4.03. The third-order valence-electron chi connectivity index (χ3n) is 9.39. The fourth-order valence-corrected chi connectivity index (χ4v) is 7.43. The minimum Gasteiger partial charge on any atom is -0.497 e. The Morgan fingerprint density at radius 1 is 0.755 bits per heavy atom. The van der Waals surface area contributed by atoms with Crippen molar-refractivity contribution in [2.24, 2.45) is 5.41 Å². The highest BCUT2D eigenvalue weighted by molar-refractivity contribution is 6.76. The lowest BCUT2D eigenvalue weighted by atomic mass is 9.77. The molecule has 2 aromatic carbocycles. The Morgan fingerprint density at radius 2 is 1.25 bits per heavy atom. The van der Waals surface area contributed by atoms with Gasteiger partial charge in [-0.05, 0) is 54.4 Å². The molecule has 0 bridgehead atoms. The lowest BCUT2D eigenvalue weighted by molar-refractivity contribution is -0.152. The molecule has 0 spiro atoms. The van der Waals surface area contributed by atoms with Crippen LogP contribution in [0.1, 0.15) is 29.7 Å². The van der Waals surface area contributed by atoms with E-state index in [-0.39, 0.29) is 38.7 Å². The largest absolute Gasteiger partial charge is 0.497 e. The molecule has 0 saturated carbocycles. The first-order chi connectivity index (χ1) is 24.9. The monoisotopic (exact) mass is 768 g/mol. The molecule has 290 valence electrons. The molecule has 3 aromatic rings. The normalized spacial score (nSPS) is 17.3. The van der Waals surface area contributed by atoms with Gasteiger partial charge in [0.15, 0.2) is 0 Å². The maximum atomic E-state index is 14.5. The number of rotatable bonds is 18. The van der Waals surface area contributed by atoms with E-state index in [1.165, 1.54) is 15.7 Å². The number of amides is 3. The standard InChI is InChI=1S/C38H56N4O9Si2/c1-38(33(43)32-24-40(26-50-18-20-52(4,5)6)37(47)42(34(32)44)27-51-19-21-53(7,8)9)25-39(22-28-10-14-30(48-2)15-11-28)36(46)41(35(38)45)23-29-12-16-31(49-3)17-13-29/h10-17,24,33,43H,18-23,25-27H2,1-9H3. The predicted molar refractivity (Wildman–Crippen MR) is 209 cm³/mol. The first-order valence-corrected chi connectivity index (χ1v) is 25.3. The van der Waals surface area contributed by atoms with E-state index in [4.69, 9.17) is 18.9 Å². The molecule has 1 aliphatic rings. The summed E-state index contributed by atoms with van der Waals surface area (Å²) in [6, 6.07) is 15.3. The molecule has 53 heavy (non-hydrogen) atoms. The summed E-state index contributed by atoms with van der Waals surface area (Å²) in [4.78, 5) is 58.9. The number of carbonyl (C=O) groups is 2. The summed E-state index contributed by atoms with van der Waals surface area (Å²) in [7, 11) is 0.217. The number of methoxy groups -OCH3 is 2. The lowest BCUT2D eigenvalue weighted by Crippen LogP contribution is -2.62. The van der Waals surface area contributed by atoms with E-state index in [1.807, 2.05) is 12.1 Å². The molecule has 0 aliphatic carbocycles. The molecule has 1 saturated heterocycles. The number of aliphatic hydroxyl groups excluding tert-OH is 1. The maximum Gasteiger partial charge on any atom is 0.334 e. The molecule has 1 aliphatic heterocycles. The maximum absolute atomic E-state index is 14.5. The number of hydrogen-bond donors (Lipinski definition) is 1. The van der Waals surface area contributed by atoms with E-state index in [0.717, 1.165) is 27.1 Å². The molecule has 2 atom stereocenters. The Morgan fingerprint density at radius 3 is 1.74 bits per heavy atom. The van der Waals surface area contributed by atoms with Crippen molar-refractivity contribution < 1.29 is 33.6 Å². The van der Waals surface area contributed by atoms with Crippen molar-refractivity contribution in [3.63, 3.8) is 0 Å². The molecule has 15 heteroatoms.